The van der Waals surface area contributed by atoms with Crippen molar-refractivity contribution in [3.63, 3.8) is 0 Å². The molecule has 0 unspecified atom stereocenters. The summed E-state index contributed by atoms with van der Waals surface area (Å²) in [6.45, 7) is 3.84. The highest BCUT2D eigenvalue weighted by Gasteiger charge is 2.26. The average molecular weight is 781 g/mol. The number of carboxylic acid groups (broad SMARTS) is 1. The second-order valence-electron chi connectivity index (χ2n) is 15.8. The van der Waals surface area contributed by atoms with Crippen LogP contribution in [0.5, 0.6) is 0 Å². The summed E-state index contributed by atoms with van der Waals surface area (Å²) in [5.74, 6) is 1.60. The van der Waals surface area contributed by atoms with E-state index < -0.39 is 5.97 Å². The Labute approximate surface area is 342 Å². The molecule has 10 heteroatoms. The van der Waals surface area contributed by atoms with E-state index >= 15 is 0 Å². The minimum Gasteiger partial charge on any atom is -0.478 e. The van der Waals surface area contributed by atoms with Gasteiger partial charge in [0.15, 0.2) is 11.6 Å². The molecule has 4 aromatic carbocycles. The Kier molecular flexibility index (Phi) is 10.1. The smallest absolute Gasteiger partial charge is 0.338 e. The van der Waals surface area contributed by atoms with Crippen molar-refractivity contribution >= 4 is 33.7 Å². The first-order valence-corrected chi connectivity index (χ1v) is 20.1. The van der Waals surface area contributed by atoms with Crippen molar-refractivity contribution in [2.24, 2.45) is 0 Å². The van der Waals surface area contributed by atoms with Gasteiger partial charge in [0.25, 0.3) is 0 Å². The number of aryl methyl sites for hydroxylation is 2. The van der Waals surface area contributed by atoms with E-state index in [1.54, 1.807) is 0 Å². The number of hydrogen-bond acceptors (Lipinski definition) is 7. The molecule has 0 bridgehead atoms. The molecule has 0 atom stereocenters. The van der Waals surface area contributed by atoms with Crippen LogP contribution in [0.3, 0.4) is 0 Å². The first-order chi connectivity index (χ1) is 28.7. The van der Waals surface area contributed by atoms with Crippen molar-refractivity contribution in [2.45, 2.75) is 64.2 Å². The maximum absolute atomic E-state index is 12.4. The van der Waals surface area contributed by atoms with Crippen LogP contribution in [0.4, 0.5) is 0 Å². The molecule has 2 fully saturated rings. The molecule has 4 aromatic heterocycles. The third-order valence-corrected chi connectivity index (χ3v) is 11.4. The predicted octanol–water partition coefficient (Wildman–Crippen LogP) is 9.88. The molecule has 4 heterocycles. The van der Waals surface area contributed by atoms with Gasteiger partial charge < -0.3 is 9.84 Å². The number of carbonyl (C=O) groups is 2. The van der Waals surface area contributed by atoms with E-state index in [9.17, 15) is 14.7 Å². The van der Waals surface area contributed by atoms with Gasteiger partial charge in [-0.15, -0.1) is 10.2 Å². The summed E-state index contributed by atoms with van der Waals surface area (Å²) in [6.07, 6.45) is 10.0. The third-order valence-electron chi connectivity index (χ3n) is 11.4. The average Bonchev–Trinajstić information content (AvgIpc) is 4.20. The molecule has 2 aliphatic rings. The number of hydrogen-bond donors (Lipinski definition) is 1. The summed E-state index contributed by atoms with van der Waals surface area (Å²) in [5, 5.41) is 28.8. The number of esters is 1. The van der Waals surface area contributed by atoms with E-state index in [-0.39, 0.29) is 5.97 Å². The van der Waals surface area contributed by atoms with Crippen molar-refractivity contribution in [1.82, 2.24) is 29.5 Å². The van der Waals surface area contributed by atoms with Crippen LogP contribution in [0.1, 0.15) is 103 Å². The lowest BCUT2D eigenvalue weighted by Crippen LogP contribution is -2.07. The van der Waals surface area contributed by atoms with Crippen LogP contribution in [-0.4, -0.2) is 53.7 Å². The molecule has 2 aliphatic carbocycles. The quantitative estimate of drug-likeness (QED) is 0.136. The largest absolute Gasteiger partial charge is 0.478 e. The van der Waals surface area contributed by atoms with Crippen LogP contribution in [0, 0.1) is 13.8 Å². The van der Waals surface area contributed by atoms with E-state index in [4.69, 9.17) is 4.74 Å². The molecule has 0 amide bonds. The fourth-order valence-corrected chi connectivity index (χ4v) is 7.82. The van der Waals surface area contributed by atoms with E-state index in [0.717, 1.165) is 85.5 Å². The molecule has 0 spiro atoms. The van der Waals surface area contributed by atoms with Gasteiger partial charge in [-0.3, -0.25) is 9.13 Å². The van der Waals surface area contributed by atoms with Crippen molar-refractivity contribution in [3.8, 4) is 11.6 Å². The highest BCUT2D eigenvalue weighted by Crippen LogP contribution is 2.42. The van der Waals surface area contributed by atoms with Gasteiger partial charge in [-0.2, -0.15) is 10.2 Å². The maximum Gasteiger partial charge on any atom is 0.338 e. The lowest BCUT2D eigenvalue weighted by Gasteiger charge is -2.11. The second kappa shape index (κ2) is 15.8. The summed E-state index contributed by atoms with van der Waals surface area (Å²) in [5.41, 5.74) is 11.5. The summed E-state index contributed by atoms with van der Waals surface area (Å²) in [6, 6.07) is 36.8. The van der Waals surface area contributed by atoms with Gasteiger partial charge in [-0.25, -0.2) is 9.59 Å². The van der Waals surface area contributed by atoms with Crippen molar-refractivity contribution in [3.05, 3.63) is 177 Å². The maximum atomic E-state index is 12.4. The summed E-state index contributed by atoms with van der Waals surface area (Å²) < 4.78 is 9.10. The minimum absolute atomic E-state index is 0.266. The molecule has 0 aliphatic heterocycles. The molecule has 10 rings (SSSR count). The van der Waals surface area contributed by atoms with E-state index in [0.29, 0.717) is 35.8 Å². The molecule has 294 valence electrons. The van der Waals surface area contributed by atoms with E-state index in [1.165, 1.54) is 25.5 Å². The molecular formula is C49H44N6O4. The van der Waals surface area contributed by atoms with Gasteiger partial charge in [0, 0.05) is 23.2 Å². The van der Waals surface area contributed by atoms with Crippen LogP contribution in [0.25, 0.3) is 33.4 Å². The minimum atomic E-state index is -0.854. The lowest BCUT2D eigenvalue weighted by molar-refractivity contribution is 0.0598. The van der Waals surface area contributed by atoms with Crippen LogP contribution in [0.15, 0.2) is 122 Å². The SMILES string of the molecule is COC(=O)c1cc(C2CC2)ccc1Cc1ccc2c(ccn2-c2ccc(C)nn2)c1.Cc1ccc(-n2ccc3cc(Cc4ccc(C5CC5)cc4C(=O)O)ccc32)nn1. The van der Waals surface area contributed by atoms with Gasteiger partial charge >= 0.3 is 11.9 Å². The Morgan fingerprint density at radius 3 is 1.49 bits per heavy atom. The first kappa shape index (κ1) is 37.6. The lowest BCUT2D eigenvalue weighted by atomic mass is 9.96. The zero-order valence-electron chi connectivity index (χ0n) is 33.3. The predicted molar refractivity (Wildman–Crippen MR) is 228 cm³/mol. The molecule has 0 radical (unpaired) electrons. The number of aromatic carboxylic acids is 1. The Morgan fingerprint density at radius 2 is 1.07 bits per heavy atom. The van der Waals surface area contributed by atoms with E-state index in [1.807, 2.05) is 77.8 Å². The fourth-order valence-electron chi connectivity index (χ4n) is 7.82. The van der Waals surface area contributed by atoms with Gasteiger partial charge in [0.2, 0.25) is 0 Å². The zero-order chi connectivity index (χ0) is 40.6. The Morgan fingerprint density at radius 1 is 0.593 bits per heavy atom. The molecule has 1 N–H and O–H groups in total. The van der Waals surface area contributed by atoms with Crippen LogP contribution in [0.2, 0.25) is 0 Å². The van der Waals surface area contributed by atoms with E-state index in [2.05, 4.69) is 87.1 Å². The van der Waals surface area contributed by atoms with Gasteiger partial charge in [0.1, 0.15) is 0 Å². The summed E-state index contributed by atoms with van der Waals surface area (Å²) in [4.78, 5) is 24.2. The van der Waals surface area contributed by atoms with Crippen molar-refractivity contribution in [2.75, 3.05) is 7.11 Å². The molecule has 59 heavy (non-hydrogen) atoms. The fraction of sp³-hybridized carbons (Fsp3) is 0.224. The number of rotatable bonds is 10. The molecular weight excluding hydrogens is 737 g/mol. The zero-order valence-corrected chi connectivity index (χ0v) is 33.3. The summed E-state index contributed by atoms with van der Waals surface area (Å²) in [7, 11) is 1.44. The van der Waals surface area contributed by atoms with Crippen molar-refractivity contribution in [1.29, 1.82) is 0 Å². The second-order valence-corrected chi connectivity index (χ2v) is 15.8. The standard InChI is InChI=1S/C25H23N3O2.C24H21N3O2/c1-16-3-10-24(27-26-16)28-12-11-21-14-17(4-9-23(21)28)13-20-8-7-19(18-5-6-18)15-22(20)25(29)30-2;1-15-2-9-23(26-25-15)27-11-10-20-13-16(3-8-22(20)27)12-19-7-6-18(17-4-5-17)14-21(19)24(28)29/h3-4,7-12,14-15,18H,5-6,13H2,1-2H3;2-3,6-11,13-14,17H,4-5,12H2,1H3,(H,28,29). The number of carbonyl (C=O) groups excluding carboxylic acids is 1. The monoisotopic (exact) mass is 780 g/mol. The Hall–Kier alpha value is -6.94. The molecule has 10 nitrogen and oxygen atoms in total. The first-order valence-electron chi connectivity index (χ1n) is 20.1. The number of methoxy groups -OCH3 is 1. The molecule has 2 saturated carbocycles. The normalized spacial score (nSPS) is 13.6. The number of fused-ring (bicyclic) bond motifs is 2. The Balaban J connectivity index is 0.000000152. The topological polar surface area (TPSA) is 125 Å². The third kappa shape index (κ3) is 8.12. The van der Waals surface area contributed by atoms with Crippen molar-refractivity contribution < 1.29 is 19.4 Å². The number of benzene rings is 4. The number of ether oxygens (including phenoxy) is 1. The summed E-state index contributed by atoms with van der Waals surface area (Å²) >= 11 is 0. The molecule has 0 saturated heterocycles. The van der Waals surface area contributed by atoms with Crippen LogP contribution < -0.4 is 0 Å². The van der Waals surface area contributed by atoms with Gasteiger partial charge in [-0.05, 0) is 170 Å². The Bertz CT molecular complexity index is 2850. The van der Waals surface area contributed by atoms with Crippen LogP contribution >= 0.6 is 0 Å². The molecule has 8 aromatic rings. The van der Waals surface area contributed by atoms with Gasteiger partial charge in [0.05, 0.1) is 40.7 Å². The van der Waals surface area contributed by atoms with Crippen LogP contribution in [-0.2, 0) is 17.6 Å². The van der Waals surface area contributed by atoms with Gasteiger partial charge in [-0.1, -0.05) is 36.4 Å². The highest BCUT2D eigenvalue weighted by molar-refractivity contribution is 5.92. The number of aromatic nitrogens is 6. The number of nitrogens with zero attached hydrogens (tertiary/aromatic N) is 6. The number of carboxylic acids is 1. The highest BCUT2D eigenvalue weighted by atomic mass is 16.5.